The molecule has 0 atom stereocenters. The smallest absolute Gasteiger partial charge is 0.343 e. The molecule has 9 heteroatoms. The van der Waals surface area contributed by atoms with Crippen LogP contribution in [0.1, 0.15) is 43.4 Å². The fourth-order valence-electron chi connectivity index (χ4n) is 4.28. The van der Waals surface area contributed by atoms with E-state index < -0.39 is 5.97 Å². The molecule has 0 aliphatic heterocycles. The van der Waals surface area contributed by atoms with E-state index in [0.717, 1.165) is 22.4 Å². The Labute approximate surface area is 233 Å². The number of hydrogen-bond donors (Lipinski definition) is 0. The number of aromatic nitrogens is 2. The maximum absolute atomic E-state index is 13.7. The number of hydrogen-bond acceptors (Lipinski definition) is 8. The van der Waals surface area contributed by atoms with Gasteiger partial charge in [-0.1, -0.05) is 26.0 Å². The fourth-order valence-corrected chi connectivity index (χ4v) is 4.28. The summed E-state index contributed by atoms with van der Waals surface area (Å²) < 4.78 is 22.8. The maximum atomic E-state index is 13.7. The zero-order chi connectivity index (χ0) is 28.8. The maximum Gasteiger partial charge on any atom is 0.343 e. The second kappa shape index (κ2) is 12.5. The summed E-state index contributed by atoms with van der Waals surface area (Å²) in [5.41, 5.74) is 3.64. The van der Waals surface area contributed by atoms with Gasteiger partial charge in [0.05, 0.1) is 37.9 Å². The van der Waals surface area contributed by atoms with Crippen molar-refractivity contribution in [1.29, 1.82) is 0 Å². The van der Waals surface area contributed by atoms with Gasteiger partial charge in [-0.05, 0) is 78.9 Å². The first-order chi connectivity index (χ1) is 19.3. The summed E-state index contributed by atoms with van der Waals surface area (Å²) in [4.78, 5) is 30.1. The van der Waals surface area contributed by atoms with Gasteiger partial charge >= 0.3 is 5.97 Å². The molecule has 0 aliphatic rings. The van der Waals surface area contributed by atoms with Crippen molar-refractivity contribution in [2.24, 2.45) is 5.10 Å². The Balaban J connectivity index is 1.84. The van der Waals surface area contributed by atoms with Crippen LogP contribution in [0.2, 0.25) is 0 Å². The van der Waals surface area contributed by atoms with Crippen molar-refractivity contribution in [3.8, 4) is 28.6 Å². The molecule has 0 amide bonds. The van der Waals surface area contributed by atoms with Crippen molar-refractivity contribution in [2.75, 3.05) is 27.4 Å². The normalized spacial score (nSPS) is 11.3. The Morgan fingerprint density at radius 1 is 1.02 bits per heavy atom. The van der Waals surface area contributed by atoms with Crippen LogP contribution in [-0.4, -0.2) is 49.3 Å². The van der Waals surface area contributed by atoms with Gasteiger partial charge in [-0.2, -0.15) is 9.78 Å². The van der Waals surface area contributed by atoms with E-state index in [1.807, 2.05) is 38.1 Å². The van der Waals surface area contributed by atoms with Crippen LogP contribution in [-0.2, 0) is 9.53 Å². The van der Waals surface area contributed by atoms with E-state index in [2.05, 4.69) is 23.7 Å². The minimum atomic E-state index is -0.502. The molecule has 0 bridgehead atoms. The number of para-hydroxylation sites is 1. The summed E-state index contributed by atoms with van der Waals surface area (Å²) in [6.07, 6.45) is 1.57. The number of carbonyl (C=O) groups is 1. The van der Waals surface area contributed by atoms with Crippen molar-refractivity contribution in [3.63, 3.8) is 0 Å². The molecule has 0 saturated carbocycles. The first kappa shape index (κ1) is 28.4. The molecule has 0 aliphatic carbocycles. The molecule has 0 saturated heterocycles. The quantitative estimate of drug-likeness (QED) is 0.197. The van der Waals surface area contributed by atoms with Crippen molar-refractivity contribution in [1.82, 2.24) is 9.66 Å². The highest BCUT2D eigenvalue weighted by Gasteiger charge is 2.18. The number of nitrogens with zero attached hydrogens (tertiary/aromatic N) is 3. The van der Waals surface area contributed by atoms with E-state index in [1.54, 1.807) is 43.7 Å². The second-order valence-electron chi connectivity index (χ2n) is 9.38. The summed E-state index contributed by atoms with van der Waals surface area (Å²) in [6.45, 7) is 8.13. The lowest BCUT2D eigenvalue weighted by molar-refractivity contribution is -0.142. The van der Waals surface area contributed by atoms with Gasteiger partial charge in [-0.3, -0.25) is 4.79 Å². The third kappa shape index (κ3) is 5.98. The summed E-state index contributed by atoms with van der Waals surface area (Å²) in [5.74, 6) is 1.72. The number of ether oxygens (including phenoxy) is 4. The molecule has 0 spiro atoms. The van der Waals surface area contributed by atoms with E-state index in [4.69, 9.17) is 19.2 Å². The minimum Gasteiger partial charge on any atom is -0.496 e. The topological polar surface area (TPSA) is 101 Å². The molecule has 9 nitrogen and oxygen atoms in total. The molecule has 208 valence electrons. The molecule has 0 fully saturated rings. The van der Waals surface area contributed by atoms with Crippen LogP contribution in [0.15, 0.2) is 64.5 Å². The average molecular weight is 544 g/mol. The lowest BCUT2D eigenvalue weighted by Gasteiger charge is -2.17. The van der Waals surface area contributed by atoms with Crippen molar-refractivity contribution in [3.05, 3.63) is 81.6 Å². The van der Waals surface area contributed by atoms with E-state index in [0.29, 0.717) is 40.4 Å². The number of carbonyl (C=O) groups excluding carboxylic acids is 1. The average Bonchev–Trinajstić information content (AvgIpc) is 2.95. The summed E-state index contributed by atoms with van der Waals surface area (Å²) in [6, 6.07) is 16.4. The third-order valence-corrected chi connectivity index (χ3v) is 6.36. The number of benzene rings is 3. The van der Waals surface area contributed by atoms with Gasteiger partial charge in [-0.15, -0.1) is 0 Å². The Morgan fingerprint density at radius 2 is 1.80 bits per heavy atom. The molecular formula is C31H33N3O6. The molecule has 4 rings (SSSR count). The van der Waals surface area contributed by atoms with E-state index in [1.165, 1.54) is 11.8 Å². The third-order valence-electron chi connectivity index (χ3n) is 6.36. The van der Waals surface area contributed by atoms with E-state index in [-0.39, 0.29) is 18.1 Å². The van der Waals surface area contributed by atoms with Crippen molar-refractivity contribution < 1.29 is 23.7 Å². The molecule has 1 heterocycles. The number of esters is 1. The van der Waals surface area contributed by atoms with Gasteiger partial charge in [0.25, 0.3) is 5.56 Å². The summed E-state index contributed by atoms with van der Waals surface area (Å²) in [5, 5.41) is 5.05. The predicted molar refractivity (Wildman–Crippen MR) is 155 cm³/mol. The molecule has 4 aromatic rings. The van der Waals surface area contributed by atoms with Gasteiger partial charge in [-0.25, -0.2) is 9.78 Å². The zero-order valence-corrected chi connectivity index (χ0v) is 23.6. The second-order valence-corrected chi connectivity index (χ2v) is 9.38. The van der Waals surface area contributed by atoms with Crippen molar-refractivity contribution in [2.45, 2.75) is 33.6 Å². The highest BCUT2D eigenvalue weighted by atomic mass is 16.6. The molecular weight excluding hydrogens is 510 g/mol. The van der Waals surface area contributed by atoms with Crippen molar-refractivity contribution >= 4 is 23.1 Å². The Kier molecular flexibility index (Phi) is 8.83. The van der Waals surface area contributed by atoms with Crippen LogP contribution in [0, 0.1) is 6.92 Å². The molecule has 0 N–H and O–H groups in total. The highest BCUT2D eigenvalue weighted by molar-refractivity contribution is 5.83. The molecule has 40 heavy (non-hydrogen) atoms. The molecule has 3 aromatic carbocycles. The predicted octanol–water partition coefficient (Wildman–Crippen LogP) is 5.34. The Hall–Kier alpha value is -4.66. The van der Waals surface area contributed by atoms with Gasteiger partial charge in [0.2, 0.25) is 0 Å². The molecule has 0 radical (unpaired) electrons. The number of fused-ring (bicyclic) bond motifs is 1. The monoisotopic (exact) mass is 543 g/mol. The first-order valence-electron chi connectivity index (χ1n) is 13.0. The van der Waals surface area contributed by atoms with Crippen LogP contribution < -0.4 is 19.8 Å². The van der Waals surface area contributed by atoms with Gasteiger partial charge in [0.1, 0.15) is 5.75 Å². The van der Waals surface area contributed by atoms with Gasteiger partial charge < -0.3 is 18.9 Å². The minimum absolute atomic E-state index is 0.190. The SMILES string of the molecule is CCOc1cc(C=Nn2c(-c3cc(C(C)C)c(OC)cc3C)nc3ccccc3c2=O)ccc1OCC(=O)OC. The van der Waals surface area contributed by atoms with Crippen LogP contribution in [0.25, 0.3) is 22.3 Å². The summed E-state index contributed by atoms with van der Waals surface area (Å²) >= 11 is 0. The van der Waals surface area contributed by atoms with E-state index >= 15 is 0 Å². The van der Waals surface area contributed by atoms with Crippen LogP contribution in [0.3, 0.4) is 0 Å². The van der Waals surface area contributed by atoms with Crippen LogP contribution in [0.4, 0.5) is 0 Å². The standard InChI is InChI=1S/C31H33N3O6/c1-7-39-28-15-21(12-13-26(28)40-18-29(35)38-6)17-32-34-30(33-25-11-9-8-10-22(25)31(34)36)24-16-23(19(2)3)27(37-5)14-20(24)4/h8-17,19H,7,18H2,1-6H3. The fraction of sp³-hybridized carbons (Fsp3) is 0.290. The molecule has 1 aromatic heterocycles. The van der Waals surface area contributed by atoms with Crippen LogP contribution in [0.5, 0.6) is 17.2 Å². The number of rotatable bonds is 10. The summed E-state index contributed by atoms with van der Waals surface area (Å²) in [7, 11) is 2.95. The largest absolute Gasteiger partial charge is 0.496 e. The Bertz CT molecular complexity index is 1620. The lowest BCUT2D eigenvalue weighted by Crippen LogP contribution is -2.20. The number of aryl methyl sites for hydroxylation is 1. The Morgan fingerprint density at radius 3 is 2.50 bits per heavy atom. The number of methoxy groups -OCH3 is 2. The zero-order valence-electron chi connectivity index (χ0n) is 23.6. The highest BCUT2D eigenvalue weighted by Crippen LogP contribution is 2.34. The van der Waals surface area contributed by atoms with Gasteiger partial charge in [0, 0.05) is 5.56 Å². The molecule has 0 unspecified atom stereocenters. The lowest BCUT2D eigenvalue weighted by atomic mass is 9.96. The van der Waals surface area contributed by atoms with Gasteiger partial charge in [0.15, 0.2) is 23.9 Å². The van der Waals surface area contributed by atoms with E-state index in [9.17, 15) is 9.59 Å². The van der Waals surface area contributed by atoms with Crippen LogP contribution >= 0.6 is 0 Å². The first-order valence-corrected chi connectivity index (χ1v) is 13.0.